The van der Waals surface area contributed by atoms with Crippen molar-refractivity contribution in [2.75, 3.05) is 5.32 Å². The lowest BCUT2D eigenvalue weighted by molar-refractivity contribution is 0.242. The Kier molecular flexibility index (Phi) is 5.01. The molecule has 1 heterocycles. The summed E-state index contributed by atoms with van der Waals surface area (Å²) in [6, 6.07) is 12.3. The van der Waals surface area contributed by atoms with Gasteiger partial charge in [-0.2, -0.15) is 0 Å². The Labute approximate surface area is 128 Å². The van der Waals surface area contributed by atoms with Crippen LogP contribution in [0, 0.1) is 0 Å². The minimum atomic E-state index is 0.197. The van der Waals surface area contributed by atoms with Crippen LogP contribution < -0.4 is 10.1 Å². The van der Waals surface area contributed by atoms with Crippen LogP contribution in [0.1, 0.15) is 32.4 Å². The minimum Gasteiger partial charge on any atom is -0.491 e. The lowest BCUT2D eigenvalue weighted by atomic mass is 10.1. The van der Waals surface area contributed by atoms with Crippen molar-refractivity contribution in [2.24, 2.45) is 0 Å². The van der Waals surface area contributed by atoms with Gasteiger partial charge in [-0.15, -0.1) is 0 Å². The van der Waals surface area contributed by atoms with Crippen LogP contribution >= 0.6 is 15.9 Å². The Morgan fingerprint density at radius 2 is 1.80 bits per heavy atom. The molecule has 1 aromatic carbocycles. The van der Waals surface area contributed by atoms with E-state index in [4.69, 9.17) is 4.74 Å². The van der Waals surface area contributed by atoms with Gasteiger partial charge >= 0.3 is 0 Å². The summed E-state index contributed by atoms with van der Waals surface area (Å²) in [5.74, 6) is 0.901. The quantitative estimate of drug-likeness (QED) is 0.797. The van der Waals surface area contributed by atoms with E-state index in [2.05, 4.69) is 45.3 Å². The molecule has 2 rings (SSSR count). The van der Waals surface area contributed by atoms with E-state index in [-0.39, 0.29) is 12.1 Å². The van der Waals surface area contributed by atoms with Crippen LogP contribution in [0.5, 0.6) is 5.75 Å². The van der Waals surface area contributed by atoms with E-state index in [1.165, 1.54) is 5.56 Å². The summed E-state index contributed by atoms with van der Waals surface area (Å²) in [5.41, 5.74) is 2.19. The Hall–Kier alpha value is -1.55. The Balaban J connectivity index is 2.06. The molecule has 0 saturated heterocycles. The van der Waals surface area contributed by atoms with Gasteiger partial charge in [0.2, 0.25) is 0 Å². The number of pyridine rings is 1. The number of anilines is 1. The molecular weight excluding hydrogens is 316 g/mol. The highest BCUT2D eigenvalue weighted by atomic mass is 79.9. The molecule has 0 aliphatic heterocycles. The van der Waals surface area contributed by atoms with E-state index in [0.29, 0.717) is 0 Å². The molecular formula is C16H19BrN2O. The molecule has 20 heavy (non-hydrogen) atoms. The van der Waals surface area contributed by atoms with Crippen LogP contribution in [0.25, 0.3) is 0 Å². The number of benzene rings is 1. The molecule has 0 aliphatic carbocycles. The molecule has 2 aromatic rings. The third-order valence-corrected chi connectivity index (χ3v) is 3.51. The number of nitrogens with one attached hydrogen (secondary N) is 1. The predicted octanol–water partition coefficient (Wildman–Crippen LogP) is 4.80. The average Bonchev–Trinajstić information content (AvgIpc) is 2.41. The SMILES string of the molecule is CC(C)Oc1ccc(C(C)Nc2cccnc2Br)cc1. The molecule has 106 valence electrons. The lowest BCUT2D eigenvalue weighted by Gasteiger charge is -2.17. The van der Waals surface area contributed by atoms with Crippen molar-refractivity contribution in [1.82, 2.24) is 4.98 Å². The largest absolute Gasteiger partial charge is 0.491 e. The van der Waals surface area contributed by atoms with Gasteiger partial charge in [-0.1, -0.05) is 12.1 Å². The molecule has 1 atom stereocenters. The summed E-state index contributed by atoms with van der Waals surface area (Å²) in [6.45, 7) is 6.17. The topological polar surface area (TPSA) is 34.1 Å². The maximum atomic E-state index is 5.65. The molecule has 0 saturated carbocycles. The molecule has 3 nitrogen and oxygen atoms in total. The monoisotopic (exact) mass is 334 g/mol. The number of rotatable bonds is 5. The van der Waals surface area contributed by atoms with Crippen molar-refractivity contribution >= 4 is 21.6 Å². The number of hydrogen-bond acceptors (Lipinski definition) is 3. The molecule has 0 spiro atoms. The molecule has 0 fully saturated rings. The van der Waals surface area contributed by atoms with E-state index in [9.17, 15) is 0 Å². The van der Waals surface area contributed by atoms with Gasteiger partial charge in [0.15, 0.2) is 0 Å². The molecule has 1 unspecified atom stereocenters. The number of aromatic nitrogens is 1. The highest BCUT2D eigenvalue weighted by Gasteiger charge is 2.08. The predicted molar refractivity (Wildman–Crippen MR) is 86.2 cm³/mol. The van der Waals surface area contributed by atoms with Crippen LogP contribution in [0.3, 0.4) is 0 Å². The van der Waals surface area contributed by atoms with Crippen LogP contribution in [0.4, 0.5) is 5.69 Å². The number of nitrogens with zero attached hydrogens (tertiary/aromatic N) is 1. The maximum absolute atomic E-state index is 5.65. The maximum Gasteiger partial charge on any atom is 0.129 e. The molecule has 0 bridgehead atoms. The number of halogens is 1. The second-order valence-electron chi connectivity index (χ2n) is 4.94. The van der Waals surface area contributed by atoms with E-state index in [1.807, 2.05) is 38.1 Å². The Morgan fingerprint density at radius 1 is 1.10 bits per heavy atom. The van der Waals surface area contributed by atoms with E-state index >= 15 is 0 Å². The third-order valence-electron chi connectivity index (χ3n) is 2.88. The standard InChI is InChI=1S/C16H19BrN2O/c1-11(2)20-14-8-6-13(7-9-14)12(3)19-15-5-4-10-18-16(15)17/h4-12,19H,1-3H3. The smallest absolute Gasteiger partial charge is 0.129 e. The van der Waals surface area contributed by atoms with Gasteiger partial charge < -0.3 is 10.1 Å². The first-order chi connectivity index (χ1) is 9.56. The van der Waals surface area contributed by atoms with E-state index in [1.54, 1.807) is 6.20 Å². The first-order valence-corrected chi connectivity index (χ1v) is 7.49. The van der Waals surface area contributed by atoms with Gasteiger partial charge in [0.25, 0.3) is 0 Å². The summed E-state index contributed by atoms with van der Waals surface area (Å²) in [5, 5.41) is 3.44. The fourth-order valence-electron chi connectivity index (χ4n) is 1.92. The van der Waals surface area contributed by atoms with Crippen LogP contribution in [0.15, 0.2) is 47.2 Å². The molecule has 0 radical (unpaired) electrons. The zero-order valence-corrected chi connectivity index (χ0v) is 13.5. The van der Waals surface area contributed by atoms with Gasteiger partial charge in [-0.25, -0.2) is 4.98 Å². The van der Waals surface area contributed by atoms with Gasteiger partial charge in [-0.3, -0.25) is 0 Å². The summed E-state index contributed by atoms with van der Waals surface area (Å²) < 4.78 is 6.47. The summed E-state index contributed by atoms with van der Waals surface area (Å²) >= 11 is 3.44. The highest BCUT2D eigenvalue weighted by Crippen LogP contribution is 2.25. The number of ether oxygens (including phenoxy) is 1. The first-order valence-electron chi connectivity index (χ1n) is 6.70. The lowest BCUT2D eigenvalue weighted by Crippen LogP contribution is -2.08. The molecule has 0 aliphatic rings. The second-order valence-corrected chi connectivity index (χ2v) is 5.69. The summed E-state index contributed by atoms with van der Waals surface area (Å²) in [6.07, 6.45) is 1.96. The fourth-order valence-corrected chi connectivity index (χ4v) is 2.28. The second kappa shape index (κ2) is 6.75. The van der Waals surface area contributed by atoms with Crippen molar-refractivity contribution in [3.63, 3.8) is 0 Å². The van der Waals surface area contributed by atoms with Gasteiger partial charge in [0.1, 0.15) is 10.4 Å². The Bertz CT molecular complexity index is 555. The van der Waals surface area contributed by atoms with Crippen molar-refractivity contribution in [2.45, 2.75) is 32.9 Å². The van der Waals surface area contributed by atoms with Gasteiger partial charge in [0, 0.05) is 12.2 Å². The van der Waals surface area contributed by atoms with Crippen molar-refractivity contribution in [1.29, 1.82) is 0 Å². The van der Waals surface area contributed by atoms with Crippen LogP contribution in [-0.2, 0) is 0 Å². The van der Waals surface area contributed by atoms with Crippen LogP contribution in [-0.4, -0.2) is 11.1 Å². The van der Waals surface area contributed by atoms with Crippen molar-refractivity contribution in [3.8, 4) is 5.75 Å². The zero-order valence-electron chi connectivity index (χ0n) is 11.9. The van der Waals surface area contributed by atoms with Crippen LogP contribution in [0.2, 0.25) is 0 Å². The first kappa shape index (κ1) is 14.9. The number of hydrogen-bond donors (Lipinski definition) is 1. The molecule has 4 heteroatoms. The molecule has 1 aromatic heterocycles. The minimum absolute atomic E-state index is 0.197. The highest BCUT2D eigenvalue weighted by molar-refractivity contribution is 9.10. The normalized spacial score (nSPS) is 12.2. The zero-order chi connectivity index (χ0) is 14.5. The summed E-state index contributed by atoms with van der Waals surface area (Å²) in [7, 11) is 0. The average molecular weight is 335 g/mol. The Morgan fingerprint density at radius 3 is 2.40 bits per heavy atom. The van der Waals surface area contributed by atoms with Crippen molar-refractivity contribution < 1.29 is 4.74 Å². The van der Waals surface area contributed by atoms with E-state index in [0.717, 1.165) is 16.0 Å². The third kappa shape index (κ3) is 3.97. The van der Waals surface area contributed by atoms with Crippen molar-refractivity contribution in [3.05, 3.63) is 52.8 Å². The molecule has 0 amide bonds. The molecule has 1 N–H and O–H groups in total. The fraction of sp³-hybridized carbons (Fsp3) is 0.312. The van der Waals surface area contributed by atoms with Gasteiger partial charge in [-0.05, 0) is 66.5 Å². The van der Waals surface area contributed by atoms with E-state index < -0.39 is 0 Å². The summed E-state index contributed by atoms with van der Waals surface area (Å²) in [4.78, 5) is 4.21. The van der Waals surface area contributed by atoms with Gasteiger partial charge in [0.05, 0.1) is 11.8 Å².